The topological polar surface area (TPSA) is 87.9 Å². The molecule has 8 heteroatoms. The first-order chi connectivity index (χ1) is 15.2. The van der Waals surface area contributed by atoms with Crippen LogP contribution in [0.15, 0.2) is 42.9 Å². The Balaban J connectivity index is 1.86. The number of benzene rings is 1. The molecule has 0 aliphatic carbocycles. The number of anilines is 1. The van der Waals surface area contributed by atoms with Gasteiger partial charge in [-0.1, -0.05) is 12.1 Å². The Labute approximate surface area is 188 Å². The molecule has 0 atom stereocenters. The predicted octanol–water partition coefficient (Wildman–Crippen LogP) is 4.03. The predicted molar refractivity (Wildman–Crippen MR) is 124 cm³/mol. The molecule has 4 rings (SSSR count). The number of piperidine rings is 1. The van der Waals surface area contributed by atoms with E-state index in [0.717, 1.165) is 18.5 Å². The molecule has 0 radical (unpaired) electrons. The Morgan fingerprint density at radius 2 is 1.84 bits per heavy atom. The molecule has 3 N–H and O–H groups in total. The van der Waals surface area contributed by atoms with Crippen LogP contribution in [-0.2, 0) is 0 Å². The van der Waals surface area contributed by atoms with Gasteiger partial charge in [0.2, 0.25) is 5.95 Å². The van der Waals surface area contributed by atoms with Crippen LogP contribution in [0.3, 0.4) is 0 Å². The SMILES string of the molecule is CC1(C)CC(n2cnc(-c3ccccc3F)c2-c2ccnc(NCCO)n2)CC(C)(C)N1. The number of aliphatic hydroxyl groups is 1. The van der Waals surface area contributed by atoms with Crippen LogP contribution < -0.4 is 10.6 Å². The summed E-state index contributed by atoms with van der Waals surface area (Å²) in [4.78, 5) is 13.6. The van der Waals surface area contributed by atoms with Gasteiger partial charge in [0.1, 0.15) is 11.5 Å². The molecule has 2 aromatic heterocycles. The molecule has 1 aliphatic heterocycles. The van der Waals surface area contributed by atoms with E-state index >= 15 is 0 Å². The van der Waals surface area contributed by atoms with Crippen molar-refractivity contribution >= 4 is 5.95 Å². The maximum absolute atomic E-state index is 14.8. The highest BCUT2D eigenvalue weighted by Gasteiger charge is 2.39. The van der Waals surface area contributed by atoms with Crippen molar-refractivity contribution in [2.24, 2.45) is 0 Å². The van der Waals surface area contributed by atoms with Gasteiger partial charge >= 0.3 is 0 Å². The molecule has 1 fully saturated rings. The Kier molecular flexibility index (Phi) is 6.01. The van der Waals surface area contributed by atoms with Gasteiger partial charge in [-0.05, 0) is 58.7 Å². The minimum Gasteiger partial charge on any atom is -0.395 e. The second-order valence-corrected chi connectivity index (χ2v) is 9.70. The maximum atomic E-state index is 14.8. The summed E-state index contributed by atoms with van der Waals surface area (Å²) in [5, 5.41) is 15.9. The zero-order valence-corrected chi connectivity index (χ0v) is 19.1. The zero-order valence-electron chi connectivity index (χ0n) is 19.1. The van der Waals surface area contributed by atoms with Crippen LogP contribution in [0.1, 0.15) is 46.6 Å². The summed E-state index contributed by atoms with van der Waals surface area (Å²) in [7, 11) is 0. The van der Waals surface area contributed by atoms with Crippen molar-refractivity contribution in [3.63, 3.8) is 0 Å². The van der Waals surface area contributed by atoms with Crippen molar-refractivity contribution in [3.8, 4) is 22.6 Å². The Hall–Kier alpha value is -2.84. The molecule has 3 aromatic rings. The monoisotopic (exact) mass is 438 g/mol. The third-order valence-corrected chi connectivity index (χ3v) is 5.78. The van der Waals surface area contributed by atoms with Crippen molar-refractivity contribution in [3.05, 3.63) is 48.7 Å². The minimum atomic E-state index is -0.322. The van der Waals surface area contributed by atoms with Gasteiger partial charge in [-0.25, -0.2) is 19.3 Å². The molecule has 0 bridgehead atoms. The smallest absolute Gasteiger partial charge is 0.223 e. The van der Waals surface area contributed by atoms with Crippen LogP contribution in [0.4, 0.5) is 10.3 Å². The van der Waals surface area contributed by atoms with Crippen LogP contribution in [0, 0.1) is 5.82 Å². The number of aromatic nitrogens is 4. The molecule has 0 saturated carbocycles. The number of hydrogen-bond acceptors (Lipinski definition) is 6. The van der Waals surface area contributed by atoms with Gasteiger partial charge in [-0.3, -0.25) is 0 Å². The first-order valence-corrected chi connectivity index (χ1v) is 11.0. The van der Waals surface area contributed by atoms with Gasteiger partial charge in [0.05, 0.1) is 24.3 Å². The van der Waals surface area contributed by atoms with Crippen LogP contribution >= 0.6 is 0 Å². The fourth-order valence-electron chi connectivity index (χ4n) is 4.95. The number of aliphatic hydroxyl groups excluding tert-OH is 1. The summed E-state index contributed by atoms with van der Waals surface area (Å²) in [6.07, 6.45) is 5.28. The van der Waals surface area contributed by atoms with Crippen molar-refractivity contribution < 1.29 is 9.50 Å². The lowest BCUT2D eigenvalue weighted by Gasteiger charge is -2.47. The fourth-order valence-corrected chi connectivity index (χ4v) is 4.95. The average molecular weight is 439 g/mol. The van der Waals surface area contributed by atoms with Crippen molar-refractivity contribution in [2.75, 3.05) is 18.5 Å². The number of imidazole rings is 1. The highest BCUT2D eigenvalue weighted by atomic mass is 19.1. The van der Waals surface area contributed by atoms with E-state index in [-0.39, 0.29) is 29.5 Å². The molecule has 0 unspecified atom stereocenters. The van der Waals surface area contributed by atoms with E-state index in [1.807, 2.05) is 18.5 Å². The quantitative estimate of drug-likeness (QED) is 0.539. The third-order valence-electron chi connectivity index (χ3n) is 5.78. The number of nitrogens with zero attached hydrogens (tertiary/aromatic N) is 4. The van der Waals surface area contributed by atoms with Crippen LogP contribution in [0.5, 0.6) is 0 Å². The molecule has 32 heavy (non-hydrogen) atoms. The van der Waals surface area contributed by atoms with Crippen LogP contribution in [0.25, 0.3) is 22.6 Å². The Morgan fingerprint density at radius 1 is 1.12 bits per heavy atom. The van der Waals surface area contributed by atoms with Gasteiger partial charge in [0.25, 0.3) is 0 Å². The molecular formula is C24H31FN6O. The van der Waals surface area contributed by atoms with E-state index in [4.69, 9.17) is 5.11 Å². The molecule has 1 saturated heterocycles. The van der Waals surface area contributed by atoms with E-state index in [1.165, 1.54) is 6.07 Å². The molecule has 7 nitrogen and oxygen atoms in total. The van der Waals surface area contributed by atoms with E-state index in [1.54, 1.807) is 18.3 Å². The van der Waals surface area contributed by atoms with E-state index in [0.29, 0.717) is 29.4 Å². The first-order valence-electron chi connectivity index (χ1n) is 11.0. The van der Waals surface area contributed by atoms with Gasteiger partial charge in [0, 0.05) is 35.4 Å². The summed E-state index contributed by atoms with van der Waals surface area (Å²) in [6.45, 7) is 9.15. The molecule has 0 amide bonds. The number of hydrogen-bond donors (Lipinski definition) is 3. The lowest BCUT2D eigenvalue weighted by Crippen LogP contribution is -2.57. The standard InChI is InChI=1S/C24H31FN6O/c1-23(2)13-16(14-24(3,4)30-23)31-15-28-20(17-7-5-6-8-18(17)25)21(31)19-9-10-26-22(29-19)27-11-12-32/h5-10,15-16,30,32H,11-14H2,1-4H3,(H,26,27,29). The third kappa shape index (κ3) is 4.66. The van der Waals surface area contributed by atoms with Crippen molar-refractivity contribution in [2.45, 2.75) is 57.7 Å². The Morgan fingerprint density at radius 3 is 2.53 bits per heavy atom. The van der Waals surface area contributed by atoms with Gasteiger partial charge in [-0.2, -0.15) is 0 Å². The second kappa shape index (κ2) is 8.60. The molecular weight excluding hydrogens is 407 g/mol. The van der Waals surface area contributed by atoms with Gasteiger partial charge in [0.15, 0.2) is 0 Å². The summed E-state index contributed by atoms with van der Waals surface area (Å²) < 4.78 is 16.9. The average Bonchev–Trinajstić information content (AvgIpc) is 3.15. The lowest BCUT2D eigenvalue weighted by molar-refractivity contribution is 0.133. The highest BCUT2D eigenvalue weighted by molar-refractivity contribution is 5.77. The van der Waals surface area contributed by atoms with Crippen LogP contribution in [-0.4, -0.2) is 48.9 Å². The number of rotatable bonds is 6. The summed E-state index contributed by atoms with van der Waals surface area (Å²) in [5.74, 6) is 0.0902. The second-order valence-electron chi connectivity index (χ2n) is 9.70. The summed E-state index contributed by atoms with van der Waals surface area (Å²) in [6, 6.07) is 8.66. The van der Waals surface area contributed by atoms with E-state index < -0.39 is 0 Å². The summed E-state index contributed by atoms with van der Waals surface area (Å²) >= 11 is 0. The molecule has 0 spiro atoms. The number of halogens is 1. The van der Waals surface area contributed by atoms with E-state index in [9.17, 15) is 4.39 Å². The van der Waals surface area contributed by atoms with Crippen LogP contribution in [0.2, 0.25) is 0 Å². The fraction of sp³-hybridized carbons (Fsp3) is 0.458. The van der Waals surface area contributed by atoms with Crippen molar-refractivity contribution in [1.82, 2.24) is 24.8 Å². The van der Waals surface area contributed by atoms with Gasteiger partial charge in [-0.15, -0.1) is 0 Å². The molecule has 1 aliphatic rings. The Bertz CT molecular complexity index is 1080. The number of nitrogens with one attached hydrogen (secondary N) is 2. The molecule has 170 valence electrons. The molecule has 3 heterocycles. The lowest BCUT2D eigenvalue weighted by atomic mass is 9.79. The zero-order chi connectivity index (χ0) is 22.9. The van der Waals surface area contributed by atoms with Crippen molar-refractivity contribution in [1.29, 1.82) is 0 Å². The largest absolute Gasteiger partial charge is 0.395 e. The first kappa shape index (κ1) is 22.4. The van der Waals surface area contributed by atoms with Gasteiger partial charge < -0.3 is 20.3 Å². The maximum Gasteiger partial charge on any atom is 0.223 e. The highest BCUT2D eigenvalue weighted by Crippen LogP contribution is 2.41. The summed E-state index contributed by atoms with van der Waals surface area (Å²) in [5.41, 5.74) is 2.30. The van der Waals surface area contributed by atoms with E-state index in [2.05, 4.69) is 57.8 Å². The molecule has 1 aromatic carbocycles. The normalized spacial score (nSPS) is 17.9. The minimum absolute atomic E-state index is 0.0226.